The molecule has 0 amide bonds. The Hall–Kier alpha value is -1.23. The Bertz CT molecular complexity index is 623. The second kappa shape index (κ2) is 6.69. The van der Waals surface area contributed by atoms with E-state index in [0.29, 0.717) is 21.8 Å². The van der Waals surface area contributed by atoms with Gasteiger partial charge in [-0.2, -0.15) is 13.2 Å². The number of halogens is 3. The van der Waals surface area contributed by atoms with Crippen LogP contribution in [-0.2, 0) is 21.4 Å². The van der Waals surface area contributed by atoms with Crippen LogP contribution in [0.5, 0.6) is 0 Å². The second-order valence-electron chi connectivity index (χ2n) is 4.23. The Balaban J connectivity index is 2.39. The Labute approximate surface area is 125 Å². The Morgan fingerprint density at radius 1 is 1.24 bits per heavy atom. The van der Waals surface area contributed by atoms with Crippen molar-refractivity contribution in [3.05, 3.63) is 46.2 Å². The van der Waals surface area contributed by atoms with Crippen LogP contribution in [0.1, 0.15) is 16.7 Å². The molecule has 7 heteroatoms. The van der Waals surface area contributed by atoms with Gasteiger partial charge in [0.25, 0.3) is 0 Å². The Kier molecular flexibility index (Phi) is 5.14. The van der Waals surface area contributed by atoms with Crippen molar-refractivity contribution in [3.63, 3.8) is 0 Å². The first-order valence-electron chi connectivity index (χ1n) is 6.24. The summed E-state index contributed by atoms with van der Waals surface area (Å²) in [4.78, 5) is -0.251. The molecule has 0 bridgehead atoms. The topological polar surface area (TPSA) is 26.3 Å². The molecule has 1 atom stereocenters. The van der Waals surface area contributed by atoms with E-state index in [-0.39, 0.29) is 18.3 Å². The Morgan fingerprint density at radius 3 is 2.48 bits per heavy atom. The monoisotopic (exact) mass is 333 g/mol. The average Bonchev–Trinajstić information content (AvgIpc) is 2.84. The van der Waals surface area contributed by atoms with E-state index in [0.717, 1.165) is 0 Å². The molecular weight excluding hydrogens is 320 g/mol. The molecular formula is C14H13F3O2PS+. The van der Waals surface area contributed by atoms with Gasteiger partial charge in [0.1, 0.15) is 4.88 Å². The molecule has 21 heavy (non-hydrogen) atoms. The molecule has 0 N–H and O–H groups in total. The van der Waals surface area contributed by atoms with E-state index in [1.54, 1.807) is 37.3 Å². The molecule has 112 valence electrons. The van der Waals surface area contributed by atoms with Gasteiger partial charge in [0.2, 0.25) is 6.16 Å². The minimum absolute atomic E-state index is 0.00372. The third-order valence-corrected chi connectivity index (χ3v) is 5.22. The first kappa shape index (κ1) is 16.1. The van der Waals surface area contributed by atoms with E-state index in [4.69, 9.17) is 4.52 Å². The van der Waals surface area contributed by atoms with Crippen molar-refractivity contribution in [3.8, 4) is 11.1 Å². The van der Waals surface area contributed by atoms with Crippen LogP contribution in [0.3, 0.4) is 0 Å². The molecule has 0 radical (unpaired) electrons. The summed E-state index contributed by atoms with van der Waals surface area (Å²) < 4.78 is 55.9. The van der Waals surface area contributed by atoms with E-state index < -0.39 is 19.1 Å². The minimum atomic E-state index is -4.43. The first-order chi connectivity index (χ1) is 9.91. The van der Waals surface area contributed by atoms with E-state index in [2.05, 4.69) is 0 Å². The molecule has 1 aromatic carbocycles. The minimum Gasteiger partial charge on any atom is -0.165 e. The zero-order valence-electron chi connectivity index (χ0n) is 11.2. The SMILES string of the molecule is CCO[P+](=O)Cc1cc(-c2ccccc2)c(C(F)(F)F)s1. The summed E-state index contributed by atoms with van der Waals surface area (Å²) in [5, 5.41) is 0. The lowest BCUT2D eigenvalue weighted by molar-refractivity contribution is -0.133. The van der Waals surface area contributed by atoms with Crippen LogP contribution >= 0.6 is 19.4 Å². The van der Waals surface area contributed by atoms with E-state index in [1.165, 1.54) is 6.07 Å². The first-order valence-corrected chi connectivity index (χ1v) is 8.42. The molecule has 2 nitrogen and oxygen atoms in total. The van der Waals surface area contributed by atoms with Crippen LogP contribution in [0.25, 0.3) is 11.1 Å². The largest absolute Gasteiger partial charge is 0.513 e. The summed E-state index contributed by atoms with van der Waals surface area (Å²) in [6.45, 7) is 1.97. The van der Waals surface area contributed by atoms with Crippen molar-refractivity contribution >= 4 is 19.4 Å². The quantitative estimate of drug-likeness (QED) is 0.655. The lowest BCUT2D eigenvalue weighted by Crippen LogP contribution is -2.03. The molecule has 0 spiro atoms. The van der Waals surface area contributed by atoms with Crippen molar-refractivity contribution in [1.29, 1.82) is 0 Å². The number of thiophene rings is 1. The lowest BCUT2D eigenvalue weighted by atomic mass is 10.1. The maximum Gasteiger partial charge on any atom is 0.513 e. The van der Waals surface area contributed by atoms with Gasteiger partial charge in [-0.05, 0) is 23.1 Å². The summed E-state index contributed by atoms with van der Waals surface area (Å²) in [6.07, 6.45) is -4.42. The van der Waals surface area contributed by atoms with E-state index in [9.17, 15) is 17.7 Å². The molecule has 0 aliphatic carbocycles. The smallest absolute Gasteiger partial charge is 0.165 e. The summed E-state index contributed by atoms with van der Waals surface area (Å²) in [5.41, 5.74) is 0.627. The van der Waals surface area contributed by atoms with E-state index in [1.807, 2.05) is 0 Å². The highest BCUT2D eigenvalue weighted by Crippen LogP contribution is 2.44. The number of hydrogen-bond donors (Lipinski definition) is 0. The second-order valence-corrected chi connectivity index (χ2v) is 6.60. The summed E-state index contributed by atoms with van der Waals surface area (Å²) in [6, 6.07) is 9.83. The molecule has 1 heterocycles. The molecule has 0 fully saturated rings. The highest BCUT2D eigenvalue weighted by Gasteiger charge is 2.37. The van der Waals surface area contributed by atoms with Crippen LogP contribution < -0.4 is 0 Å². The Morgan fingerprint density at radius 2 is 1.90 bits per heavy atom. The number of benzene rings is 1. The van der Waals surface area contributed by atoms with Gasteiger partial charge in [-0.1, -0.05) is 30.3 Å². The highest BCUT2D eigenvalue weighted by molar-refractivity contribution is 7.38. The third-order valence-electron chi connectivity index (χ3n) is 2.68. The lowest BCUT2D eigenvalue weighted by Gasteiger charge is -2.07. The van der Waals surface area contributed by atoms with Crippen LogP contribution in [0.15, 0.2) is 36.4 Å². The molecule has 1 unspecified atom stereocenters. The number of hydrogen-bond acceptors (Lipinski definition) is 3. The molecule has 0 aliphatic rings. The van der Waals surface area contributed by atoms with Crippen molar-refractivity contribution in [2.45, 2.75) is 19.3 Å². The fourth-order valence-corrected chi connectivity index (χ4v) is 4.02. The zero-order chi connectivity index (χ0) is 15.5. The average molecular weight is 333 g/mol. The third kappa shape index (κ3) is 4.13. The van der Waals surface area contributed by atoms with E-state index >= 15 is 0 Å². The highest BCUT2D eigenvalue weighted by atomic mass is 32.1. The standard InChI is InChI=1S/C14H13F3O2PS/c1-2-19-20(18)9-11-8-12(10-6-4-3-5-7-10)13(21-11)14(15,16)17/h3-8H,2,9H2,1H3/q+1. The van der Waals surface area contributed by atoms with Gasteiger partial charge in [0.15, 0.2) is 0 Å². The number of rotatable bonds is 5. The maximum atomic E-state index is 13.1. The molecule has 2 rings (SSSR count). The number of alkyl halides is 3. The van der Waals surface area contributed by atoms with Gasteiger partial charge in [0, 0.05) is 5.56 Å². The summed E-state index contributed by atoms with van der Waals surface area (Å²) in [7, 11) is -1.97. The maximum absolute atomic E-state index is 13.1. The van der Waals surface area contributed by atoms with Crippen molar-refractivity contribution in [2.75, 3.05) is 6.61 Å². The predicted octanol–water partition coefficient (Wildman–Crippen LogP) is 5.71. The van der Waals surface area contributed by atoms with Gasteiger partial charge in [-0.3, -0.25) is 0 Å². The van der Waals surface area contributed by atoms with Crippen LogP contribution in [0.2, 0.25) is 0 Å². The summed E-state index contributed by atoms with van der Waals surface area (Å²) >= 11 is 0.627. The summed E-state index contributed by atoms with van der Waals surface area (Å²) in [5.74, 6) is 0. The fourth-order valence-electron chi connectivity index (χ4n) is 1.88. The molecule has 0 aliphatic heterocycles. The normalized spacial score (nSPS) is 12.5. The molecule has 2 aromatic rings. The van der Waals surface area contributed by atoms with Gasteiger partial charge >= 0.3 is 14.2 Å². The van der Waals surface area contributed by atoms with Crippen LogP contribution in [0.4, 0.5) is 13.2 Å². The predicted molar refractivity (Wildman–Crippen MR) is 77.7 cm³/mol. The van der Waals surface area contributed by atoms with Crippen LogP contribution in [-0.4, -0.2) is 6.61 Å². The van der Waals surface area contributed by atoms with Crippen molar-refractivity contribution in [1.82, 2.24) is 0 Å². The van der Waals surface area contributed by atoms with Gasteiger partial charge < -0.3 is 0 Å². The molecule has 0 saturated carbocycles. The van der Waals surface area contributed by atoms with Gasteiger partial charge in [-0.25, -0.2) is 0 Å². The van der Waals surface area contributed by atoms with Gasteiger partial charge in [0.05, 0.1) is 11.5 Å². The zero-order valence-corrected chi connectivity index (χ0v) is 12.9. The fraction of sp³-hybridized carbons (Fsp3) is 0.286. The van der Waals surface area contributed by atoms with Gasteiger partial charge in [-0.15, -0.1) is 15.9 Å². The van der Waals surface area contributed by atoms with Crippen LogP contribution in [0, 0.1) is 0 Å². The molecule has 0 saturated heterocycles. The molecule has 1 aromatic heterocycles. The van der Waals surface area contributed by atoms with Crippen molar-refractivity contribution in [2.24, 2.45) is 0 Å². The van der Waals surface area contributed by atoms with Crippen molar-refractivity contribution < 1.29 is 22.3 Å².